The second kappa shape index (κ2) is 13.2. The third-order valence-electron chi connectivity index (χ3n) is 5.01. The van der Waals surface area contributed by atoms with Crippen molar-refractivity contribution in [3.63, 3.8) is 0 Å². The number of carbonyl (C=O) groups is 2. The van der Waals surface area contributed by atoms with E-state index in [0.717, 1.165) is 16.5 Å². The number of hydrogen-bond donors (Lipinski definition) is 4. The smallest absolute Gasteiger partial charge is 0.236 e. The summed E-state index contributed by atoms with van der Waals surface area (Å²) in [6.07, 6.45) is 2.05. The maximum absolute atomic E-state index is 12.3. The summed E-state index contributed by atoms with van der Waals surface area (Å²) in [5.41, 5.74) is 14.3. The number of anilines is 1. The number of nitrogens with two attached hydrogens (primary N) is 2. The van der Waals surface area contributed by atoms with Crippen molar-refractivity contribution in [3.8, 4) is 0 Å². The summed E-state index contributed by atoms with van der Waals surface area (Å²) in [4.78, 5) is 23.9. The first kappa shape index (κ1) is 25.8. The van der Waals surface area contributed by atoms with E-state index in [4.69, 9.17) is 16.9 Å². The molecule has 7 heteroatoms. The monoisotopic (exact) mass is 508 g/mol. The van der Waals surface area contributed by atoms with Gasteiger partial charge in [0.1, 0.15) is 11.8 Å². The molecule has 3 rings (SSSR count). The zero-order valence-electron chi connectivity index (χ0n) is 18.6. The van der Waals surface area contributed by atoms with E-state index in [0.29, 0.717) is 24.1 Å². The van der Waals surface area contributed by atoms with Crippen LogP contribution in [0.2, 0.25) is 0 Å². The number of hydrogen-bond acceptors (Lipinski definition) is 3. The number of aryl methyl sites for hydroxylation is 2. The summed E-state index contributed by atoms with van der Waals surface area (Å²) in [5, 5.41) is 10.0. The Morgan fingerprint density at radius 2 is 1.52 bits per heavy atom. The van der Waals surface area contributed by atoms with E-state index in [-0.39, 0.29) is 5.84 Å². The average Bonchev–Trinajstić information content (AvgIpc) is 2.81. The molecule has 33 heavy (non-hydrogen) atoms. The molecule has 0 aromatic heterocycles. The Kier molecular flexibility index (Phi) is 10.3. The van der Waals surface area contributed by atoms with E-state index in [1.165, 1.54) is 5.56 Å². The molecule has 0 radical (unpaired) electrons. The highest BCUT2D eigenvalue weighted by atomic mass is 79.9. The van der Waals surface area contributed by atoms with Gasteiger partial charge in [0.2, 0.25) is 11.8 Å². The highest BCUT2D eigenvalue weighted by Crippen LogP contribution is 2.15. The standard InChI is InChI=1S/C18H20N4O2.C8H9Br/c19-16(20)13-7-9-14(10-8-13)22-18(24)15(17(21)23)11-6-12-4-2-1-3-5-12;1-2-7-3-5-8(9)6-4-7/h1-5,7-10,15H,6,11H2,(H3,19,20)(H2,21,23)(H,22,24);3-6H,2H2,1H3. The Bertz CT molecular complexity index is 1050. The number of primary amides is 1. The molecule has 0 heterocycles. The molecule has 1 unspecified atom stereocenters. The first-order valence-corrected chi connectivity index (χ1v) is 11.4. The van der Waals surface area contributed by atoms with E-state index < -0.39 is 17.7 Å². The van der Waals surface area contributed by atoms with Crippen molar-refractivity contribution in [2.24, 2.45) is 17.4 Å². The van der Waals surface area contributed by atoms with Crippen LogP contribution >= 0.6 is 15.9 Å². The van der Waals surface area contributed by atoms with Crippen LogP contribution in [0.15, 0.2) is 83.3 Å². The molecular weight excluding hydrogens is 480 g/mol. The lowest BCUT2D eigenvalue weighted by Crippen LogP contribution is -2.34. The van der Waals surface area contributed by atoms with Gasteiger partial charge in [0, 0.05) is 15.7 Å². The van der Waals surface area contributed by atoms with Crippen molar-refractivity contribution in [2.45, 2.75) is 26.2 Å². The van der Waals surface area contributed by atoms with Gasteiger partial charge in [-0.15, -0.1) is 0 Å². The van der Waals surface area contributed by atoms with Gasteiger partial charge >= 0.3 is 0 Å². The molecule has 6 nitrogen and oxygen atoms in total. The van der Waals surface area contributed by atoms with Crippen LogP contribution in [0.3, 0.4) is 0 Å². The molecular formula is C26H29BrN4O2. The van der Waals surface area contributed by atoms with Crippen molar-refractivity contribution in [3.05, 3.63) is 100 Å². The van der Waals surface area contributed by atoms with Gasteiger partial charge in [-0.1, -0.05) is 65.3 Å². The SMILES string of the molecule is CCc1ccc(Br)cc1.N=C(N)c1ccc(NC(=O)C(CCc2ccccc2)C(N)=O)cc1. The summed E-state index contributed by atoms with van der Waals surface area (Å²) in [7, 11) is 0. The van der Waals surface area contributed by atoms with E-state index in [1.807, 2.05) is 30.3 Å². The van der Waals surface area contributed by atoms with Gasteiger partial charge in [-0.25, -0.2) is 0 Å². The van der Waals surface area contributed by atoms with Crippen LogP contribution in [0.25, 0.3) is 0 Å². The van der Waals surface area contributed by atoms with Crippen LogP contribution in [0.4, 0.5) is 5.69 Å². The minimum absolute atomic E-state index is 0.0502. The molecule has 3 aromatic rings. The fourth-order valence-electron chi connectivity index (χ4n) is 3.04. The summed E-state index contributed by atoms with van der Waals surface area (Å²) in [5.74, 6) is -2.04. The summed E-state index contributed by atoms with van der Waals surface area (Å²) in [6, 6.07) is 24.5. The minimum atomic E-state index is -0.905. The number of amides is 2. The lowest BCUT2D eigenvalue weighted by Gasteiger charge is -2.14. The third-order valence-corrected chi connectivity index (χ3v) is 5.54. The number of nitrogen functional groups attached to an aromatic ring is 1. The maximum atomic E-state index is 12.3. The number of nitrogens with one attached hydrogen (secondary N) is 2. The van der Waals surface area contributed by atoms with Crippen LogP contribution < -0.4 is 16.8 Å². The van der Waals surface area contributed by atoms with Gasteiger partial charge in [-0.2, -0.15) is 0 Å². The zero-order chi connectivity index (χ0) is 24.2. The van der Waals surface area contributed by atoms with Crippen LogP contribution in [0, 0.1) is 11.3 Å². The van der Waals surface area contributed by atoms with Crippen LogP contribution in [-0.2, 0) is 22.4 Å². The summed E-state index contributed by atoms with van der Waals surface area (Å²) < 4.78 is 1.15. The first-order valence-electron chi connectivity index (χ1n) is 10.6. The highest BCUT2D eigenvalue weighted by molar-refractivity contribution is 9.10. The fraction of sp³-hybridized carbons (Fsp3) is 0.192. The Labute approximate surface area is 203 Å². The number of carbonyl (C=O) groups excluding carboxylic acids is 2. The number of halogens is 1. The van der Waals surface area contributed by atoms with E-state index in [9.17, 15) is 9.59 Å². The van der Waals surface area contributed by atoms with E-state index in [2.05, 4.69) is 52.4 Å². The highest BCUT2D eigenvalue weighted by Gasteiger charge is 2.24. The van der Waals surface area contributed by atoms with Crippen molar-refractivity contribution >= 4 is 39.3 Å². The van der Waals surface area contributed by atoms with E-state index in [1.54, 1.807) is 24.3 Å². The molecule has 172 valence electrons. The predicted octanol–water partition coefficient (Wildman–Crippen LogP) is 4.65. The number of amidine groups is 1. The molecule has 0 fully saturated rings. The molecule has 0 aliphatic carbocycles. The quantitative estimate of drug-likeness (QED) is 0.201. The number of benzene rings is 3. The van der Waals surface area contributed by atoms with E-state index >= 15 is 0 Å². The topological polar surface area (TPSA) is 122 Å². The van der Waals surface area contributed by atoms with Gasteiger partial charge in [0.05, 0.1) is 0 Å². The molecule has 0 spiro atoms. The zero-order valence-corrected chi connectivity index (χ0v) is 20.1. The second-order valence-electron chi connectivity index (χ2n) is 7.44. The van der Waals surface area contributed by atoms with Crippen molar-refractivity contribution in [2.75, 3.05) is 5.32 Å². The third kappa shape index (κ3) is 8.90. The second-order valence-corrected chi connectivity index (χ2v) is 8.36. The molecule has 1 atom stereocenters. The predicted molar refractivity (Wildman–Crippen MR) is 137 cm³/mol. The summed E-state index contributed by atoms with van der Waals surface area (Å²) in [6.45, 7) is 2.16. The molecule has 3 aromatic carbocycles. The normalized spacial score (nSPS) is 11.0. The van der Waals surface area contributed by atoms with Gasteiger partial charge in [0.25, 0.3) is 0 Å². The molecule has 0 saturated heterocycles. The van der Waals surface area contributed by atoms with Crippen LogP contribution in [0.5, 0.6) is 0 Å². The van der Waals surface area contributed by atoms with Gasteiger partial charge in [-0.3, -0.25) is 15.0 Å². The Hall–Kier alpha value is -3.45. The molecule has 2 amide bonds. The van der Waals surface area contributed by atoms with Gasteiger partial charge in [0.15, 0.2) is 0 Å². The Morgan fingerprint density at radius 1 is 0.909 bits per heavy atom. The van der Waals surface area contributed by atoms with Crippen molar-refractivity contribution in [1.29, 1.82) is 5.41 Å². The molecule has 0 saturated carbocycles. The number of rotatable bonds is 8. The van der Waals surface area contributed by atoms with Crippen LogP contribution in [-0.4, -0.2) is 17.6 Å². The minimum Gasteiger partial charge on any atom is -0.384 e. The molecule has 6 N–H and O–H groups in total. The molecule has 0 aliphatic rings. The van der Waals surface area contributed by atoms with Gasteiger partial charge in [-0.05, 0) is 66.8 Å². The lowest BCUT2D eigenvalue weighted by atomic mass is 9.98. The average molecular weight is 509 g/mol. The Morgan fingerprint density at radius 3 is 2.03 bits per heavy atom. The van der Waals surface area contributed by atoms with Crippen LogP contribution in [0.1, 0.15) is 30.0 Å². The largest absolute Gasteiger partial charge is 0.384 e. The fourth-order valence-corrected chi connectivity index (χ4v) is 3.31. The van der Waals surface area contributed by atoms with Crippen molar-refractivity contribution < 1.29 is 9.59 Å². The molecule has 0 aliphatic heterocycles. The van der Waals surface area contributed by atoms with Crippen molar-refractivity contribution in [1.82, 2.24) is 0 Å². The Balaban J connectivity index is 0.000000357. The summed E-state index contributed by atoms with van der Waals surface area (Å²) >= 11 is 3.37. The molecule has 0 bridgehead atoms. The van der Waals surface area contributed by atoms with Gasteiger partial charge < -0.3 is 16.8 Å². The maximum Gasteiger partial charge on any atom is 0.236 e. The first-order chi connectivity index (χ1) is 15.8. The lowest BCUT2D eigenvalue weighted by molar-refractivity contribution is -0.130.